The zero-order valence-corrected chi connectivity index (χ0v) is 15.4. The molecule has 1 aliphatic heterocycles. The summed E-state index contributed by atoms with van der Waals surface area (Å²) in [7, 11) is 3.38. The highest BCUT2D eigenvalue weighted by Gasteiger charge is 2.37. The van der Waals surface area contributed by atoms with Crippen molar-refractivity contribution in [2.75, 3.05) is 40.5 Å². The van der Waals surface area contributed by atoms with Crippen LogP contribution in [0.15, 0.2) is 54.6 Å². The van der Waals surface area contributed by atoms with E-state index in [0.29, 0.717) is 19.8 Å². The summed E-state index contributed by atoms with van der Waals surface area (Å²) < 4.78 is 22.4. The normalized spacial score (nSPS) is 22.5. The fraction of sp³-hybridized carbons (Fsp3) is 0.429. The number of methoxy groups -OCH3 is 2. The highest BCUT2D eigenvalue weighted by Crippen LogP contribution is 2.22. The Balaban J connectivity index is 1.38. The van der Waals surface area contributed by atoms with Crippen LogP contribution < -0.4 is 10.1 Å². The van der Waals surface area contributed by atoms with Crippen molar-refractivity contribution in [3.05, 3.63) is 54.6 Å². The topological polar surface area (TPSA) is 49.0 Å². The lowest BCUT2D eigenvalue weighted by atomic mass is 10.1. The Morgan fingerprint density at radius 3 is 2.38 bits per heavy atom. The van der Waals surface area contributed by atoms with Crippen LogP contribution in [-0.2, 0) is 14.2 Å². The summed E-state index contributed by atoms with van der Waals surface area (Å²) in [6.07, 6.45) is -0.0137. The van der Waals surface area contributed by atoms with Gasteiger partial charge < -0.3 is 24.3 Å². The molecule has 0 spiro atoms. The Kier molecular flexibility index (Phi) is 7.03. The summed E-state index contributed by atoms with van der Waals surface area (Å²) in [5, 5.41) is 3.36. The molecule has 5 heteroatoms. The van der Waals surface area contributed by atoms with E-state index in [4.69, 9.17) is 18.9 Å². The van der Waals surface area contributed by atoms with Crippen molar-refractivity contribution in [3.8, 4) is 16.9 Å². The third-order valence-electron chi connectivity index (χ3n) is 4.64. The van der Waals surface area contributed by atoms with Gasteiger partial charge in [-0.1, -0.05) is 42.5 Å². The molecule has 1 heterocycles. The third kappa shape index (κ3) is 4.83. The number of nitrogens with one attached hydrogen (secondary N) is 1. The minimum absolute atomic E-state index is 0.00572. The van der Waals surface area contributed by atoms with E-state index in [9.17, 15) is 0 Å². The van der Waals surface area contributed by atoms with Gasteiger partial charge in [-0.25, -0.2) is 0 Å². The smallest absolute Gasteiger partial charge is 0.119 e. The quantitative estimate of drug-likeness (QED) is 0.700. The van der Waals surface area contributed by atoms with E-state index in [1.54, 1.807) is 14.2 Å². The van der Waals surface area contributed by atoms with Crippen LogP contribution in [0, 0.1) is 0 Å². The van der Waals surface area contributed by atoms with Crippen LogP contribution in [0.1, 0.15) is 0 Å². The second-order valence-corrected chi connectivity index (χ2v) is 6.29. The minimum Gasteiger partial charge on any atom is -0.492 e. The van der Waals surface area contributed by atoms with Crippen molar-refractivity contribution in [2.45, 2.75) is 18.3 Å². The molecule has 0 bridgehead atoms. The number of ether oxygens (including phenoxy) is 4. The number of hydrogen-bond donors (Lipinski definition) is 1. The maximum absolute atomic E-state index is 5.80. The molecular weight excluding hydrogens is 330 g/mol. The number of hydrogen-bond acceptors (Lipinski definition) is 5. The maximum Gasteiger partial charge on any atom is 0.119 e. The highest BCUT2D eigenvalue weighted by atomic mass is 16.6. The molecule has 0 aliphatic carbocycles. The molecule has 2 aromatic carbocycles. The SMILES string of the molecule is CO[C@H]1[C@@H](OC)CO[C@@H]1CNCCOc1ccc(-c2ccccc2)cc1. The standard InChI is InChI=1S/C21H27NO4/c1-23-20-15-26-19(21(20)24-2)14-22-12-13-25-18-10-8-17(9-11-18)16-6-4-3-5-7-16/h3-11,19-22H,12-15H2,1-2H3/t19-,20+,21-/m1/s1. The third-order valence-corrected chi connectivity index (χ3v) is 4.64. The van der Waals surface area contributed by atoms with Crippen molar-refractivity contribution in [1.82, 2.24) is 5.32 Å². The Labute approximate surface area is 155 Å². The number of rotatable bonds is 9. The van der Waals surface area contributed by atoms with Gasteiger partial charge in [-0.3, -0.25) is 0 Å². The highest BCUT2D eigenvalue weighted by molar-refractivity contribution is 5.63. The van der Waals surface area contributed by atoms with Gasteiger partial charge in [0.15, 0.2) is 0 Å². The van der Waals surface area contributed by atoms with Crippen LogP contribution in [-0.4, -0.2) is 58.8 Å². The molecule has 140 valence electrons. The van der Waals surface area contributed by atoms with Gasteiger partial charge in [-0.2, -0.15) is 0 Å². The van der Waals surface area contributed by atoms with E-state index in [0.717, 1.165) is 12.3 Å². The lowest BCUT2D eigenvalue weighted by molar-refractivity contribution is -0.0241. The fourth-order valence-corrected chi connectivity index (χ4v) is 3.19. The average Bonchev–Trinajstić information content (AvgIpc) is 3.11. The van der Waals surface area contributed by atoms with E-state index in [1.165, 1.54) is 11.1 Å². The van der Waals surface area contributed by atoms with Gasteiger partial charge >= 0.3 is 0 Å². The average molecular weight is 357 g/mol. The van der Waals surface area contributed by atoms with Crippen LogP contribution in [0.4, 0.5) is 0 Å². The van der Waals surface area contributed by atoms with E-state index in [-0.39, 0.29) is 18.3 Å². The van der Waals surface area contributed by atoms with E-state index < -0.39 is 0 Å². The molecule has 1 N–H and O–H groups in total. The molecule has 0 radical (unpaired) electrons. The maximum atomic E-state index is 5.80. The molecule has 0 amide bonds. The summed E-state index contributed by atoms with van der Waals surface area (Å²) in [6, 6.07) is 18.5. The Morgan fingerprint density at radius 2 is 1.69 bits per heavy atom. The Morgan fingerprint density at radius 1 is 0.962 bits per heavy atom. The zero-order valence-electron chi connectivity index (χ0n) is 15.4. The summed E-state index contributed by atoms with van der Waals surface area (Å²) in [5.41, 5.74) is 2.40. The summed E-state index contributed by atoms with van der Waals surface area (Å²) >= 11 is 0. The zero-order chi connectivity index (χ0) is 18.2. The van der Waals surface area contributed by atoms with Crippen molar-refractivity contribution in [3.63, 3.8) is 0 Å². The largest absolute Gasteiger partial charge is 0.492 e. The monoisotopic (exact) mass is 357 g/mol. The molecule has 3 atom stereocenters. The van der Waals surface area contributed by atoms with Crippen molar-refractivity contribution < 1.29 is 18.9 Å². The molecular formula is C21H27NO4. The predicted octanol–water partition coefficient (Wildman–Crippen LogP) is 2.75. The molecule has 3 rings (SSSR count). The van der Waals surface area contributed by atoms with Gasteiger partial charge in [0.25, 0.3) is 0 Å². The van der Waals surface area contributed by atoms with Gasteiger partial charge in [0.1, 0.15) is 24.6 Å². The van der Waals surface area contributed by atoms with Crippen LogP contribution in [0.2, 0.25) is 0 Å². The van der Waals surface area contributed by atoms with Gasteiger partial charge in [0, 0.05) is 27.3 Å². The van der Waals surface area contributed by atoms with Crippen LogP contribution in [0.25, 0.3) is 11.1 Å². The van der Waals surface area contributed by atoms with Crippen LogP contribution in [0.3, 0.4) is 0 Å². The second kappa shape index (κ2) is 9.69. The first kappa shape index (κ1) is 18.9. The van der Waals surface area contributed by atoms with Crippen molar-refractivity contribution in [1.29, 1.82) is 0 Å². The molecule has 1 aliphatic rings. The summed E-state index contributed by atoms with van der Waals surface area (Å²) in [6.45, 7) is 2.64. The van der Waals surface area contributed by atoms with Crippen molar-refractivity contribution >= 4 is 0 Å². The van der Waals surface area contributed by atoms with Gasteiger partial charge in [0.2, 0.25) is 0 Å². The molecule has 0 aromatic heterocycles. The fourth-order valence-electron chi connectivity index (χ4n) is 3.19. The lowest BCUT2D eigenvalue weighted by Crippen LogP contribution is -2.40. The Bertz CT molecular complexity index is 647. The molecule has 26 heavy (non-hydrogen) atoms. The molecule has 0 saturated carbocycles. The Hall–Kier alpha value is -1.92. The van der Waals surface area contributed by atoms with Crippen LogP contribution >= 0.6 is 0 Å². The second-order valence-electron chi connectivity index (χ2n) is 6.29. The molecule has 1 fully saturated rings. The molecule has 1 saturated heterocycles. The molecule has 0 unspecified atom stereocenters. The van der Waals surface area contributed by atoms with Crippen LogP contribution in [0.5, 0.6) is 5.75 Å². The predicted molar refractivity (Wildman–Crippen MR) is 102 cm³/mol. The van der Waals surface area contributed by atoms with Gasteiger partial charge in [-0.05, 0) is 23.3 Å². The molecule has 5 nitrogen and oxygen atoms in total. The first-order valence-electron chi connectivity index (χ1n) is 8.98. The van der Waals surface area contributed by atoms with Gasteiger partial charge in [-0.15, -0.1) is 0 Å². The molecule has 2 aromatic rings. The van der Waals surface area contributed by atoms with E-state index in [2.05, 4.69) is 29.6 Å². The van der Waals surface area contributed by atoms with E-state index in [1.807, 2.05) is 30.3 Å². The summed E-state index contributed by atoms with van der Waals surface area (Å²) in [4.78, 5) is 0. The van der Waals surface area contributed by atoms with E-state index >= 15 is 0 Å². The lowest BCUT2D eigenvalue weighted by Gasteiger charge is -2.20. The first-order valence-corrected chi connectivity index (χ1v) is 8.98. The van der Waals surface area contributed by atoms with Gasteiger partial charge in [0.05, 0.1) is 12.7 Å². The summed E-state index contributed by atoms with van der Waals surface area (Å²) in [5.74, 6) is 0.873. The number of benzene rings is 2. The minimum atomic E-state index is -0.0288. The first-order chi connectivity index (χ1) is 12.8. The van der Waals surface area contributed by atoms with Crippen molar-refractivity contribution in [2.24, 2.45) is 0 Å².